The Balaban J connectivity index is 2.22. The number of aromatic nitrogens is 1. The Morgan fingerprint density at radius 3 is 2.35 bits per heavy atom. The molecule has 0 fully saturated rings. The molecule has 0 unspecified atom stereocenters. The van der Waals surface area contributed by atoms with Crippen LogP contribution in [0.4, 0.5) is 0 Å². The average Bonchev–Trinajstić information content (AvgIpc) is 2.64. The summed E-state index contributed by atoms with van der Waals surface area (Å²) >= 11 is 0. The number of hydrogen-bond donors (Lipinski definition) is 0. The molecule has 0 amide bonds. The van der Waals surface area contributed by atoms with Gasteiger partial charge in [-0.3, -0.25) is 4.79 Å². The molecule has 1 heterocycles. The van der Waals surface area contributed by atoms with Crippen molar-refractivity contribution in [3.05, 3.63) is 58.9 Å². The third-order valence-corrected chi connectivity index (χ3v) is 2.80. The molecule has 2 nitrogen and oxygen atoms in total. The van der Waals surface area contributed by atoms with Gasteiger partial charge in [-0.25, -0.2) is 0 Å². The number of benzene rings is 1. The Labute approximate surface area is 102 Å². The monoisotopic (exact) mass is 227 g/mol. The minimum atomic E-state index is 0.115. The summed E-state index contributed by atoms with van der Waals surface area (Å²) in [7, 11) is 0. The van der Waals surface area contributed by atoms with Crippen LogP contribution in [0.25, 0.3) is 0 Å². The lowest BCUT2D eigenvalue weighted by Crippen LogP contribution is -1.98. The van der Waals surface area contributed by atoms with Gasteiger partial charge in [0.15, 0.2) is 5.78 Å². The van der Waals surface area contributed by atoms with Gasteiger partial charge in [-0.2, -0.15) is 0 Å². The van der Waals surface area contributed by atoms with Gasteiger partial charge in [0, 0.05) is 24.5 Å². The van der Waals surface area contributed by atoms with Crippen molar-refractivity contribution < 1.29 is 4.79 Å². The number of aryl methyl sites for hydroxylation is 2. The molecule has 0 saturated carbocycles. The zero-order valence-corrected chi connectivity index (χ0v) is 10.5. The van der Waals surface area contributed by atoms with Crippen LogP contribution in [0.5, 0.6) is 0 Å². The van der Waals surface area contributed by atoms with Gasteiger partial charge < -0.3 is 4.57 Å². The highest BCUT2D eigenvalue weighted by molar-refractivity contribution is 5.93. The van der Waals surface area contributed by atoms with Gasteiger partial charge in [0.05, 0.1) is 0 Å². The van der Waals surface area contributed by atoms with Gasteiger partial charge in [0.1, 0.15) is 0 Å². The molecule has 0 radical (unpaired) electrons. The third-order valence-electron chi connectivity index (χ3n) is 2.80. The molecule has 0 atom stereocenters. The summed E-state index contributed by atoms with van der Waals surface area (Å²) < 4.78 is 2.05. The van der Waals surface area contributed by atoms with Crippen molar-refractivity contribution >= 4 is 5.78 Å². The molecule has 2 heteroatoms. The van der Waals surface area contributed by atoms with Crippen molar-refractivity contribution in [2.45, 2.75) is 27.3 Å². The van der Waals surface area contributed by atoms with E-state index in [2.05, 4.69) is 32.0 Å². The second-order valence-electron chi connectivity index (χ2n) is 4.62. The number of ketones is 1. The van der Waals surface area contributed by atoms with Crippen molar-refractivity contribution in [1.29, 1.82) is 0 Å². The maximum atomic E-state index is 11.2. The van der Waals surface area contributed by atoms with E-state index >= 15 is 0 Å². The molecule has 0 aliphatic rings. The fourth-order valence-corrected chi connectivity index (χ4v) is 2.12. The highest BCUT2D eigenvalue weighted by Gasteiger charge is 2.02. The van der Waals surface area contributed by atoms with E-state index in [-0.39, 0.29) is 5.78 Å². The quantitative estimate of drug-likeness (QED) is 0.737. The van der Waals surface area contributed by atoms with E-state index in [1.807, 2.05) is 23.0 Å². The Kier molecular flexibility index (Phi) is 3.14. The van der Waals surface area contributed by atoms with Crippen LogP contribution in [0.1, 0.15) is 34.0 Å². The lowest BCUT2D eigenvalue weighted by atomic mass is 10.1. The van der Waals surface area contributed by atoms with Crippen LogP contribution in [0.3, 0.4) is 0 Å². The molecular formula is C15H17NO. The molecule has 17 heavy (non-hydrogen) atoms. The summed E-state index contributed by atoms with van der Waals surface area (Å²) in [4.78, 5) is 11.2. The van der Waals surface area contributed by atoms with Crippen molar-refractivity contribution in [2.24, 2.45) is 0 Å². The van der Waals surface area contributed by atoms with Crippen LogP contribution in [-0.4, -0.2) is 10.4 Å². The van der Waals surface area contributed by atoms with Gasteiger partial charge in [-0.1, -0.05) is 29.3 Å². The topological polar surface area (TPSA) is 22.0 Å². The fourth-order valence-electron chi connectivity index (χ4n) is 2.12. The van der Waals surface area contributed by atoms with Crippen molar-refractivity contribution in [2.75, 3.05) is 0 Å². The molecule has 1 aromatic carbocycles. The molecule has 0 saturated heterocycles. The SMILES string of the molecule is CC(=O)c1ccn(Cc2cc(C)cc(C)c2)c1. The first kappa shape index (κ1) is 11.6. The molecule has 2 aromatic rings. The molecule has 0 N–H and O–H groups in total. The average molecular weight is 227 g/mol. The first-order valence-electron chi connectivity index (χ1n) is 5.78. The number of Topliss-reactive ketones (excluding diaryl/α,β-unsaturated/α-hetero) is 1. The number of rotatable bonds is 3. The molecule has 0 aliphatic heterocycles. The van der Waals surface area contributed by atoms with Crippen molar-refractivity contribution in [3.63, 3.8) is 0 Å². The third kappa shape index (κ3) is 2.84. The van der Waals surface area contributed by atoms with Crippen molar-refractivity contribution in [1.82, 2.24) is 4.57 Å². The van der Waals surface area contributed by atoms with E-state index in [1.54, 1.807) is 6.92 Å². The minimum absolute atomic E-state index is 0.115. The van der Waals surface area contributed by atoms with Crippen LogP contribution in [0.2, 0.25) is 0 Å². The summed E-state index contributed by atoms with van der Waals surface area (Å²) in [5.41, 5.74) is 4.60. The zero-order chi connectivity index (χ0) is 12.4. The zero-order valence-electron chi connectivity index (χ0n) is 10.5. The highest BCUT2D eigenvalue weighted by atomic mass is 16.1. The number of hydrogen-bond acceptors (Lipinski definition) is 1. The van der Waals surface area contributed by atoms with Gasteiger partial charge in [-0.15, -0.1) is 0 Å². The Bertz CT molecular complexity index is 532. The standard InChI is InChI=1S/C15H17NO/c1-11-6-12(2)8-14(7-11)9-16-5-4-15(10-16)13(3)17/h4-8,10H,9H2,1-3H3. The van der Waals surface area contributed by atoms with E-state index in [0.717, 1.165) is 12.1 Å². The van der Waals surface area contributed by atoms with Gasteiger partial charge in [0.25, 0.3) is 0 Å². The predicted octanol–water partition coefficient (Wildman–Crippen LogP) is 3.36. The lowest BCUT2D eigenvalue weighted by molar-refractivity contribution is 0.101. The molecule has 1 aromatic heterocycles. The maximum absolute atomic E-state index is 11.2. The smallest absolute Gasteiger partial charge is 0.161 e. The maximum Gasteiger partial charge on any atom is 0.161 e. The first-order valence-corrected chi connectivity index (χ1v) is 5.78. The van der Waals surface area contributed by atoms with Crippen LogP contribution in [0.15, 0.2) is 36.7 Å². The van der Waals surface area contributed by atoms with Crippen LogP contribution in [-0.2, 0) is 6.54 Å². The minimum Gasteiger partial charge on any atom is -0.349 e. The van der Waals surface area contributed by atoms with Crippen LogP contribution in [0, 0.1) is 13.8 Å². The second-order valence-corrected chi connectivity index (χ2v) is 4.62. The number of carbonyl (C=O) groups is 1. The van der Waals surface area contributed by atoms with E-state index in [1.165, 1.54) is 16.7 Å². The van der Waals surface area contributed by atoms with E-state index in [0.29, 0.717) is 0 Å². The Hall–Kier alpha value is -1.83. The second kappa shape index (κ2) is 4.58. The summed E-state index contributed by atoms with van der Waals surface area (Å²) in [6, 6.07) is 8.39. The molecule has 0 spiro atoms. The van der Waals surface area contributed by atoms with Gasteiger partial charge >= 0.3 is 0 Å². The molecule has 88 valence electrons. The van der Waals surface area contributed by atoms with Crippen LogP contribution >= 0.6 is 0 Å². The first-order chi connectivity index (χ1) is 8.04. The lowest BCUT2D eigenvalue weighted by Gasteiger charge is -2.06. The molecule has 0 bridgehead atoms. The molecular weight excluding hydrogens is 210 g/mol. The van der Waals surface area contributed by atoms with E-state index in [9.17, 15) is 4.79 Å². The predicted molar refractivity (Wildman–Crippen MR) is 69.5 cm³/mol. The number of nitrogens with zero attached hydrogens (tertiary/aromatic N) is 1. The molecule has 2 rings (SSSR count). The fraction of sp³-hybridized carbons (Fsp3) is 0.267. The Morgan fingerprint density at radius 2 is 1.82 bits per heavy atom. The molecule has 0 aliphatic carbocycles. The van der Waals surface area contributed by atoms with Gasteiger partial charge in [0.2, 0.25) is 0 Å². The summed E-state index contributed by atoms with van der Waals surface area (Å²) in [5.74, 6) is 0.115. The summed E-state index contributed by atoms with van der Waals surface area (Å²) in [6.45, 7) is 6.62. The largest absolute Gasteiger partial charge is 0.349 e. The summed E-state index contributed by atoms with van der Waals surface area (Å²) in [6.07, 6.45) is 3.86. The van der Waals surface area contributed by atoms with E-state index < -0.39 is 0 Å². The van der Waals surface area contributed by atoms with Gasteiger partial charge in [-0.05, 0) is 32.4 Å². The normalized spacial score (nSPS) is 10.5. The van der Waals surface area contributed by atoms with E-state index in [4.69, 9.17) is 0 Å². The number of carbonyl (C=O) groups excluding carboxylic acids is 1. The Morgan fingerprint density at radius 1 is 1.18 bits per heavy atom. The van der Waals surface area contributed by atoms with Crippen molar-refractivity contribution in [3.8, 4) is 0 Å². The van der Waals surface area contributed by atoms with Crippen LogP contribution < -0.4 is 0 Å². The summed E-state index contributed by atoms with van der Waals surface area (Å²) in [5, 5.41) is 0. The highest BCUT2D eigenvalue weighted by Crippen LogP contribution is 2.11.